The molecular weight excluding hydrogens is 584 g/mol. The van der Waals surface area contributed by atoms with Gasteiger partial charge in [-0.1, -0.05) is 35.5 Å². The van der Waals surface area contributed by atoms with E-state index in [4.69, 9.17) is 14.2 Å². The summed E-state index contributed by atoms with van der Waals surface area (Å²) in [6, 6.07) is 0. The molecular formula is C38H43O8-. The SMILES string of the molecule is CC(C)=CCC[C@]1(C)C=Cc2c(O)c3c(c(CC=C(C)C)c2O1)O[C@]12C(=C[C@@H]4C[C@H]1C(C)(C)O[C@@]2(C/C=C(/C)C(=O)[O-])C4=O)C3=O. The zero-order valence-electron chi connectivity index (χ0n) is 28.0. The van der Waals surface area contributed by atoms with Crippen LogP contribution in [0.1, 0.15) is 103 Å². The van der Waals surface area contributed by atoms with Crippen molar-refractivity contribution in [3.8, 4) is 17.2 Å². The van der Waals surface area contributed by atoms with Gasteiger partial charge in [0.15, 0.2) is 22.8 Å². The summed E-state index contributed by atoms with van der Waals surface area (Å²) >= 11 is 0. The summed E-state index contributed by atoms with van der Waals surface area (Å²) in [6.07, 6.45) is 13.2. The minimum atomic E-state index is -1.66. The fourth-order valence-corrected chi connectivity index (χ4v) is 8.17. The number of carboxylic acids is 1. The van der Waals surface area contributed by atoms with Crippen molar-refractivity contribution in [3.63, 3.8) is 0 Å². The van der Waals surface area contributed by atoms with E-state index in [1.54, 1.807) is 6.08 Å². The molecule has 46 heavy (non-hydrogen) atoms. The van der Waals surface area contributed by atoms with Crippen LogP contribution in [-0.2, 0) is 20.7 Å². The zero-order valence-corrected chi connectivity index (χ0v) is 28.0. The van der Waals surface area contributed by atoms with Crippen LogP contribution in [-0.4, -0.2) is 45.0 Å². The molecule has 6 aliphatic rings. The van der Waals surface area contributed by atoms with Crippen molar-refractivity contribution in [2.24, 2.45) is 11.8 Å². The molecule has 8 nitrogen and oxygen atoms in total. The first-order valence-electron chi connectivity index (χ1n) is 16.1. The molecule has 1 saturated carbocycles. The summed E-state index contributed by atoms with van der Waals surface area (Å²) < 4.78 is 20.6. The van der Waals surface area contributed by atoms with Crippen molar-refractivity contribution < 1.29 is 38.8 Å². The predicted octanol–water partition coefficient (Wildman–Crippen LogP) is 5.90. The fraction of sp³-hybridized carbons (Fsp3) is 0.500. The lowest BCUT2D eigenvalue weighted by Crippen LogP contribution is -2.72. The Bertz CT molecular complexity index is 1730. The van der Waals surface area contributed by atoms with Crippen LogP contribution in [0.25, 0.3) is 6.08 Å². The summed E-state index contributed by atoms with van der Waals surface area (Å²) in [7, 11) is 0. The van der Waals surface area contributed by atoms with Crippen LogP contribution in [0.3, 0.4) is 0 Å². The van der Waals surface area contributed by atoms with Crippen LogP contribution in [0.4, 0.5) is 0 Å². The number of hydrogen-bond donors (Lipinski definition) is 1. The fourth-order valence-electron chi connectivity index (χ4n) is 8.17. The number of phenols is 1. The van der Waals surface area contributed by atoms with Crippen molar-refractivity contribution in [1.29, 1.82) is 0 Å². The smallest absolute Gasteiger partial charge is 0.200 e. The molecule has 4 bridgehead atoms. The summed E-state index contributed by atoms with van der Waals surface area (Å²) in [5.74, 6) is -2.62. The van der Waals surface area contributed by atoms with Crippen molar-refractivity contribution in [3.05, 3.63) is 69.4 Å². The first-order chi connectivity index (χ1) is 21.5. The second-order valence-electron chi connectivity index (χ2n) is 14.7. The van der Waals surface area contributed by atoms with Gasteiger partial charge in [-0.05, 0) is 98.8 Å². The Kier molecular flexibility index (Phi) is 7.36. The number of aromatic hydroxyl groups is 1. The Morgan fingerprint density at radius 1 is 1.02 bits per heavy atom. The third kappa shape index (κ3) is 4.47. The Labute approximate surface area is 270 Å². The lowest BCUT2D eigenvalue weighted by atomic mass is 9.51. The molecule has 1 saturated heterocycles. The Morgan fingerprint density at radius 3 is 2.37 bits per heavy atom. The largest absolute Gasteiger partial charge is 0.545 e. The zero-order chi connectivity index (χ0) is 33.6. The topological polar surface area (TPSA) is 122 Å². The van der Waals surface area contributed by atoms with Crippen LogP contribution in [0.15, 0.2) is 52.7 Å². The van der Waals surface area contributed by atoms with Gasteiger partial charge >= 0.3 is 0 Å². The number of carbonyl (C=O) groups is 3. The van der Waals surface area contributed by atoms with E-state index < -0.39 is 46.0 Å². The highest BCUT2D eigenvalue weighted by atomic mass is 16.6. The van der Waals surface area contributed by atoms with Crippen molar-refractivity contribution in [2.75, 3.05) is 0 Å². The molecule has 0 radical (unpaired) electrons. The highest BCUT2D eigenvalue weighted by Gasteiger charge is 2.81. The molecule has 1 aromatic rings. The minimum absolute atomic E-state index is 0.0403. The van der Waals surface area contributed by atoms with Gasteiger partial charge in [0.1, 0.15) is 28.4 Å². The van der Waals surface area contributed by atoms with Gasteiger partial charge in [-0.2, -0.15) is 0 Å². The number of ether oxygens (including phenoxy) is 3. The van der Waals surface area contributed by atoms with E-state index >= 15 is 0 Å². The Balaban J connectivity index is 1.59. The summed E-state index contributed by atoms with van der Waals surface area (Å²) in [4.78, 5) is 40.7. The molecule has 0 unspecified atom stereocenters. The van der Waals surface area contributed by atoms with Crippen molar-refractivity contribution in [2.45, 2.75) is 110 Å². The number of Topliss-reactive ketones (excluding diaryl/α,β-unsaturated/α-hetero) is 2. The van der Waals surface area contributed by atoms with Crippen molar-refractivity contribution in [1.82, 2.24) is 0 Å². The summed E-state index contributed by atoms with van der Waals surface area (Å²) in [5, 5.41) is 23.4. The van der Waals surface area contributed by atoms with Gasteiger partial charge < -0.3 is 29.2 Å². The van der Waals surface area contributed by atoms with E-state index in [1.807, 2.05) is 52.8 Å². The van der Waals surface area contributed by atoms with E-state index in [-0.39, 0.29) is 40.4 Å². The molecule has 244 valence electrons. The number of carboxylic acid groups (broad SMARTS) is 1. The number of benzene rings is 1. The number of carbonyl (C=O) groups excluding carboxylic acids is 3. The monoisotopic (exact) mass is 627 g/mol. The van der Waals surface area contributed by atoms with Gasteiger partial charge in [0.05, 0.1) is 17.1 Å². The van der Waals surface area contributed by atoms with Gasteiger partial charge in [0, 0.05) is 29.4 Å². The highest BCUT2D eigenvalue weighted by molar-refractivity contribution is 6.19. The molecule has 5 atom stereocenters. The first-order valence-corrected chi connectivity index (χ1v) is 16.1. The van der Waals surface area contributed by atoms with Gasteiger partial charge in [0.25, 0.3) is 0 Å². The van der Waals surface area contributed by atoms with Gasteiger partial charge in [-0.15, -0.1) is 0 Å². The molecule has 1 N–H and O–H groups in total. The molecule has 3 aliphatic carbocycles. The molecule has 0 aromatic heterocycles. The molecule has 2 fully saturated rings. The van der Waals surface area contributed by atoms with Crippen molar-refractivity contribution >= 4 is 23.6 Å². The number of rotatable bonds is 8. The lowest BCUT2D eigenvalue weighted by molar-refractivity contribution is -0.299. The molecule has 7 rings (SSSR count). The van der Waals surface area contributed by atoms with E-state index in [9.17, 15) is 24.6 Å². The number of fused-ring (bicyclic) bond motifs is 2. The number of aliphatic carboxylic acids is 1. The molecule has 1 spiro atoms. The average molecular weight is 628 g/mol. The van der Waals surface area contributed by atoms with E-state index in [0.29, 0.717) is 36.1 Å². The molecule has 8 heteroatoms. The van der Waals surface area contributed by atoms with Crippen LogP contribution in [0.5, 0.6) is 17.2 Å². The lowest BCUT2D eigenvalue weighted by Gasteiger charge is -2.56. The number of phenolic OH excluding ortho intramolecular Hbond substituents is 1. The maximum absolute atomic E-state index is 14.7. The second kappa shape index (κ2) is 10.6. The molecule has 0 amide bonds. The molecule has 1 aromatic carbocycles. The van der Waals surface area contributed by atoms with Gasteiger partial charge in [-0.3, -0.25) is 9.59 Å². The van der Waals surface area contributed by atoms with Crippen LogP contribution < -0.4 is 14.6 Å². The standard InChI is InChI=1S/C38H44O8/c1-20(2)10-9-15-36(8)16-14-24-29(39)28-30(40)26-18-23-19-27-35(6,7)46-37(33(23)41,17-13-22(5)34(42)43)38(26,27)45-32(28)25(31(24)44-36)12-11-21(3)4/h10-11,13-14,16,18,23,27,39H,9,12,15,17,19H2,1-8H3,(H,42,43)/p-1/b22-13-/t23-,27+,36-,37+,38-/m1/s1. The quantitative estimate of drug-likeness (QED) is 0.279. The maximum atomic E-state index is 14.7. The van der Waals surface area contributed by atoms with Crippen LogP contribution >= 0.6 is 0 Å². The van der Waals surface area contributed by atoms with Gasteiger partial charge in [-0.25, -0.2) is 0 Å². The highest BCUT2D eigenvalue weighted by Crippen LogP contribution is 2.68. The van der Waals surface area contributed by atoms with E-state index in [1.165, 1.54) is 18.6 Å². The van der Waals surface area contributed by atoms with Gasteiger partial charge in [0.2, 0.25) is 0 Å². The van der Waals surface area contributed by atoms with E-state index in [0.717, 1.165) is 12.0 Å². The molecule has 3 aliphatic heterocycles. The first kappa shape index (κ1) is 32.0. The number of allylic oxidation sites excluding steroid dienone is 5. The summed E-state index contributed by atoms with van der Waals surface area (Å²) in [5.41, 5.74) is -1.19. The summed E-state index contributed by atoms with van der Waals surface area (Å²) in [6.45, 7) is 15.2. The van der Waals surface area contributed by atoms with Crippen LogP contribution in [0.2, 0.25) is 0 Å². The maximum Gasteiger partial charge on any atom is 0.200 e. The minimum Gasteiger partial charge on any atom is -0.545 e. The molecule has 3 heterocycles. The predicted molar refractivity (Wildman–Crippen MR) is 172 cm³/mol. The third-order valence-corrected chi connectivity index (χ3v) is 10.5. The van der Waals surface area contributed by atoms with E-state index in [2.05, 4.69) is 19.9 Å². The number of ketones is 2. The normalized spacial score (nSPS) is 31.2. The number of hydrogen-bond acceptors (Lipinski definition) is 8. The Hall–Kier alpha value is -3.91. The Morgan fingerprint density at radius 2 is 1.72 bits per heavy atom. The third-order valence-electron chi connectivity index (χ3n) is 10.5. The second-order valence-corrected chi connectivity index (χ2v) is 14.7. The van der Waals surface area contributed by atoms with Crippen LogP contribution in [0, 0.1) is 11.8 Å². The average Bonchev–Trinajstić information content (AvgIpc) is 3.12.